The van der Waals surface area contributed by atoms with Crippen LogP contribution >= 0.6 is 0 Å². The van der Waals surface area contributed by atoms with Gasteiger partial charge in [-0.15, -0.1) is 0 Å². The van der Waals surface area contributed by atoms with Crippen LogP contribution in [-0.4, -0.2) is 37.7 Å². The Morgan fingerprint density at radius 3 is 2.42 bits per heavy atom. The Morgan fingerprint density at radius 1 is 1.00 bits per heavy atom. The lowest BCUT2D eigenvalue weighted by molar-refractivity contribution is -0.664. The highest BCUT2D eigenvalue weighted by molar-refractivity contribution is 5.83. The topological polar surface area (TPSA) is 15.3 Å². The number of allylic oxidation sites excluding steroid dienone is 1. The van der Waals surface area contributed by atoms with Crippen molar-refractivity contribution in [2.24, 2.45) is 0 Å². The molecule has 2 heterocycles. The molecule has 0 N–H and O–H groups in total. The number of aryl methyl sites for hydroxylation is 1. The van der Waals surface area contributed by atoms with E-state index in [0.717, 1.165) is 19.6 Å². The van der Waals surface area contributed by atoms with E-state index in [1.54, 1.807) is 0 Å². The third-order valence-electron chi connectivity index (χ3n) is 5.04. The Kier molecular flexibility index (Phi) is 4.29. The van der Waals surface area contributed by atoms with Crippen LogP contribution in [0.15, 0.2) is 48.5 Å². The fraction of sp³-hybridized carbons (Fsp3) is 0.318. The monoisotopic (exact) mass is 347 g/mol. The van der Waals surface area contributed by atoms with Gasteiger partial charge in [-0.1, -0.05) is 24.3 Å². The third kappa shape index (κ3) is 2.90. The van der Waals surface area contributed by atoms with Gasteiger partial charge in [0.25, 0.3) is 5.82 Å². The summed E-state index contributed by atoms with van der Waals surface area (Å²) < 4.78 is 4.92. The highest BCUT2D eigenvalue weighted by Gasteiger charge is 2.32. The normalized spacial score (nSPS) is 15.2. The lowest BCUT2D eigenvalue weighted by atomic mass is 10.1. The number of hydrogen-bond donors (Lipinski definition) is 0. The molecule has 0 bridgehead atoms. The second-order valence-electron chi connectivity index (χ2n) is 7.52. The predicted molar refractivity (Wildman–Crippen MR) is 109 cm³/mol. The summed E-state index contributed by atoms with van der Waals surface area (Å²) >= 11 is 0. The Hall–Kier alpha value is -2.59. The van der Waals surface area contributed by atoms with Crippen LogP contribution in [0.3, 0.4) is 0 Å². The van der Waals surface area contributed by atoms with Crippen LogP contribution in [0.4, 0.5) is 5.69 Å². The zero-order chi connectivity index (χ0) is 18.3. The highest BCUT2D eigenvalue weighted by atomic mass is 15.3. The molecule has 134 valence electrons. The maximum absolute atomic E-state index is 2.47. The minimum absolute atomic E-state index is 0.889. The van der Waals surface area contributed by atoms with Crippen LogP contribution in [0.25, 0.3) is 22.7 Å². The molecule has 0 amide bonds. The molecule has 0 spiro atoms. The van der Waals surface area contributed by atoms with Gasteiger partial charge in [0.05, 0.1) is 6.54 Å². The molecule has 3 aromatic rings. The van der Waals surface area contributed by atoms with Crippen LogP contribution in [0, 0.1) is 0 Å². The summed E-state index contributed by atoms with van der Waals surface area (Å²) in [4.78, 5) is 4.37. The van der Waals surface area contributed by atoms with Crippen LogP contribution in [0.1, 0.15) is 17.8 Å². The SMILES string of the molecule is CN(C)Cn1c2[n+](c3ccccc31)CC/C2=C\c1ccc(N(C)C)cc1. The van der Waals surface area contributed by atoms with Gasteiger partial charge in [0.1, 0.15) is 6.67 Å². The summed E-state index contributed by atoms with van der Waals surface area (Å²) in [6.45, 7) is 1.94. The van der Waals surface area contributed by atoms with Crippen molar-refractivity contribution in [3.05, 3.63) is 59.9 Å². The van der Waals surface area contributed by atoms with Gasteiger partial charge in [-0.2, -0.15) is 0 Å². The lowest BCUT2D eigenvalue weighted by Gasteiger charge is -2.12. The smallest absolute Gasteiger partial charge is 0.286 e. The number of aromatic nitrogens is 2. The van der Waals surface area contributed by atoms with Crippen LogP contribution < -0.4 is 9.47 Å². The molecule has 0 saturated heterocycles. The van der Waals surface area contributed by atoms with Crippen molar-refractivity contribution < 1.29 is 4.57 Å². The molecule has 0 atom stereocenters. The van der Waals surface area contributed by atoms with E-state index in [-0.39, 0.29) is 0 Å². The van der Waals surface area contributed by atoms with Crippen LogP contribution in [0.5, 0.6) is 0 Å². The Morgan fingerprint density at radius 2 is 1.73 bits per heavy atom. The van der Waals surface area contributed by atoms with Crippen molar-refractivity contribution in [1.29, 1.82) is 0 Å². The summed E-state index contributed by atoms with van der Waals surface area (Å²) in [5, 5.41) is 0. The molecule has 4 rings (SSSR count). The number of benzene rings is 2. The van der Waals surface area contributed by atoms with Crippen molar-refractivity contribution >= 4 is 28.4 Å². The van der Waals surface area contributed by atoms with Gasteiger partial charge in [0.15, 0.2) is 11.0 Å². The molecule has 0 aliphatic carbocycles. The second-order valence-corrected chi connectivity index (χ2v) is 7.52. The van der Waals surface area contributed by atoms with Crippen molar-refractivity contribution in [2.75, 3.05) is 33.1 Å². The van der Waals surface area contributed by atoms with Crippen LogP contribution in [-0.2, 0) is 13.2 Å². The molecule has 1 aromatic heterocycles. The number of imidazole rings is 1. The second kappa shape index (κ2) is 6.61. The van der Waals surface area contributed by atoms with Crippen molar-refractivity contribution in [3.63, 3.8) is 0 Å². The van der Waals surface area contributed by atoms with E-state index in [4.69, 9.17) is 0 Å². The molecule has 4 nitrogen and oxygen atoms in total. The number of rotatable bonds is 4. The average Bonchev–Trinajstić information content (AvgIpc) is 3.15. The van der Waals surface area contributed by atoms with Gasteiger partial charge in [-0.25, -0.2) is 9.13 Å². The zero-order valence-electron chi connectivity index (χ0n) is 16.1. The minimum atomic E-state index is 0.889. The molecule has 1 aliphatic heterocycles. The first-order chi connectivity index (χ1) is 12.5. The van der Waals surface area contributed by atoms with E-state index >= 15 is 0 Å². The van der Waals surface area contributed by atoms with E-state index in [2.05, 4.69) is 102 Å². The number of anilines is 1. The maximum Gasteiger partial charge on any atom is 0.286 e. The standard InChI is InChI=1S/C22H27N4/c1-23(2)16-26-21-8-6-5-7-20(21)25-14-13-18(22(25)26)15-17-9-11-19(12-10-17)24(3)4/h5-12,15H,13-14,16H2,1-4H3/q+1. The number of hydrogen-bond acceptors (Lipinski definition) is 2. The first kappa shape index (κ1) is 16.9. The van der Waals surface area contributed by atoms with Crippen molar-refractivity contribution in [1.82, 2.24) is 9.47 Å². The van der Waals surface area contributed by atoms with Gasteiger partial charge in [0, 0.05) is 31.8 Å². The van der Waals surface area contributed by atoms with Crippen molar-refractivity contribution in [2.45, 2.75) is 19.6 Å². The summed E-state index contributed by atoms with van der Waals surface area (Å²) in [7, 11) is 8.41. The van der Waals surface area contributed by atoms with Gasteiger partial charge in [-0.05, 0) is 50.0 Å². The van der Waals surface area contributed by atoms with E-state index in [1.165, 1.54) is 33.7 Å². The lowest BCUT2D eigenvalue weighted by Crippen LogP contribution is -2.32. The Balaban J connectivity index is 1.81. The number of fused-ring (bicyclic) bond motifs is 3. The largest absolute Gasteiger partial charge is 0.378 e. The summed E-state index contributed by atoms with van der Waals surface area (Å²) in [5.74, 6) is 1.34. The highest BCUT2D eigenvalue weighted by Crippen LogP contribution is 2.29. The average molecular weight is 347 g/mol. The van der Waals surface area contributed by atoms with Crippen molar-refractivity contribution in [3.8, 4) is 0 Å². The molecular weight excluding hydrogens is 320 g/mol. The van der Waals surface area contributed by atoms with Gasteiger partial charge >= 0.3 is 0 Å². The molecule has 4 heteroatoms. The molecule has 0 unspecified atom stereocenters. The molecule has 26 heavy (non-hydrogen) atoms. The predicted octanol–water partition coefficient (Wildman–Crippen LogP) is 3.46. The minimum Gasteiger partial charge on any atom is -0.378 e. The third-order valence-corrected chi connectivity index (χ3v) is 5.04. The number of nitrogens with zero attached hydrogens (tertiary/aromatic N) is 4. The van der Waals surface area contributed by atoms with E-state index < -0.39 is 0 Å². The first-order valence-electron chi connectivity index (χ1n) is 9.19. The number of para-hydroxylation sites is 2. The Labute approximate surface area is 155 Å². The van der Waals surface area contributed by atoms with E-state index in [1.807, 2.05) is 0 Å². The fourth-order valence-electron chi connectivity index (χ4n) is 3.84. The quantitative estimate of drug-likeness (QED) is 0.672. The molecule has 0 saturated carbocycles. The summed E-state index contributed by atoms with van der Waals surface area (Å²) in [5.41, 5.74) is 6.55. The summed E-state index contributed by atoms with van der Waals surface area (Å²) in [6, 6.07) is 17.5. The molecule has 0 fully saturated rings. The molecule has 1 aliphatic rings. The van der Waals surface area contributed by atoms with E-state index in [9.17, 15) is 0 Å². The molecule has 2 aromatic carbocycles. The summed E-state index contributed by atoms with van der Waals surface area (Å²) in [6.07, 6.45) is 3.44. The molecule has 0 radical (unpaired) electrons. The van der Waals surface area contributed by atoms with Gasteiger partial charge in [-0.3, -0.25) is 4.90 Å². The van der Waals surface area contributed by atoms with Gasteiger partial charge in [0.2, 0.25) is 0 Å². The van der Waals surface area contributed by atoms with Gasteiger partial charge < -0.3 is 4.90 Å². The zero-order valence-corrected chi connectivity index (χ0v) is 16.1. The van der Waals surface area contributed by atoms with Crippen LogP contribution in [0.2, 0.25) is 0 Å². The first-order valence-corrected chi connectivity index (χ1v) is 9.19. The molecular formula is C22H27N4+. The Bertz CT molecular complexity index is 962. The fourth-order valence-corrected chi connectivity index (χ4v) is 3.84. The van der Waals surface area contributed by atoms with E-state index in [0.29, 0.717) is 0 Å². The maximum atomic E-state index is 2.47.